The van der Waals surface area contributed by atoms with Crippen molar-refractivity contribution in [3.8, 4) is 0 Å². The number of rotatable bonds is 16. The maximum Gasteiger partial charge on any atom is 0.407 e. The van der Waals surface area contributed by atoms with E-state index in [1.165, 1.54) is 4.68 Å². The fourth-order valence-electron chi connectivity index (χ4n) is 3.67. The molecule has 202 valence electrons. The van der Waals surface area contributed by atoms with Crippen LogP contribution in [0.1, 0.15) is 63.8 Å². The third-order valence-electron chi connectivity index (χ3n) is 5.84. The molecule has 36 heavy (non-hydrogen) atoms. The lowest BCUT2D eigenvalue weighted by atomic mass is 10.1. The number of nitrogens with one attached hydrogen (secondary N) is 2. The van der Waals surface area contributed by atoms with Gasteiger partial charge in [-0.15, -0.1) is 0 Å². The van der Waals surface area contributed by atoms with E-state index in [-0.39, 0.29) is 12.4 Å². The maximum atomic E-state index is 12.9. The topological polar surface area (TPSA) is 118 Å². The molecule has 1 aromatic heterocycles. The second-order valence-corrected chi connectivity index (χ2v) is 11.1. The Bertz CT molecular complexity index is 1020. The second kappa shape index (κ2) is 14.9. The number of sulfonamides is 1. The van der Waals surface area contributed by atoms with Crippen molar-refractivity contribution in [1.82, 2.24) is 29.7 Å². The minimum absolute atomic E-state index is 0.0319. The largest absolute Gasteiger partial charge is 0.441 e. The molecule has 1 aromatic carbocycles. The number of ether oxygens (including phenoxy) is 1. The number of amides is 1. The van der Waals surface area contributed by atoms with Crippen LogP contribution in [0.25, 0.3) is 0 Å². The molecule has 0 aliphatic heterocycles. The summed E-state index contributed by atoms with van der Waals surface area (Å²) < 4.78 is 35.5. The van der Waals surface area contributed by atoms with E-state index in [0.717, 1.165) is 25.2 Å². The van der Waals surface area contributed by atoms with Crippen molar-refractivity contribution in [2.45, 2.75) is 59.6 Å². The number of carbonyl (C=O) groups is 1. The molecule has 0 fully saturated rings. The molecule has 0 saturated carbocycles. The SMILES string of the molecule is CCN(CC)CCCS(=O)(=O)N[C@H](CCc1ccccc1)c1nc(COC(=O)NCC(C)C)n(C)n1. The minimum Gasteiger partial charge on any atom is -0.441 e. The van der Waals surface area contributed by atoms with Gasteiger partial charge in [0, 0.05) is 13.6 Å². The third kappa shape index (κ3) is 10.6. The molecule has 2 N–H and O–H groups in total. The van der Waals surface area contributed by atoms with Gasteiger partial charge in [-0.05, 0) is 50.4 Å². The summed E-state index contributed by atoms with van der Waals surface area (Å²) in [5.74, 6) is 1.14. The fraction of sp³-hybridized carbons (Fsp3) is 0.640. The Morgan fingerprint density at radius 3 is 2.50 bits per heavy atom. The highest BCUT2D eigenvalue weighted by Crippen LogP contribution is 2.19. The van der Waals surface area contributed by atoms with Gasteiger partial charge in [0.25, 0.3) is 0 Å². The first-order valence-electron chi connectivity index (χ1n) is 12.7. The molecule has 10 nitrogen and oxygen atoms in total. The van der Waals surface area contributed by atoms with Gasteiger partial charge in [-0.2, -0.15) is 5.10 Å². The Labute approximate surface area is 215 Å². The molecular weight excluding hydrogens is 480 g/mol. The van der Waals surface area contributed by atoms with Crippen LogP contribution in [0.4, 0.5) is 4.79 Å². The van der Waals surface area contributed by atoms with Crippen LogP contribution >= 0.6 is 0 Å². The van der Waals surface area contributed by atoms with Crippen LogP contribution in [-0.4, -0.2) is 66.1 Å². The molecule has 1 heterocycles. The standard InChI is InChI=1S/C25H42N6O4S/c1-6-31(7-2)16-11-17-36(33,34)29-22(15-14-21-12-9-8-10-13-21)24-27-23(30(5)28-24)19-35-25(32)26-18-20(3)4/h8-10,12-13,20,22,29H,6-7,11,14-19H2,1-5H3,(H,26,32)/t22-/m1/s1. The number of aryl methyl sites for hydroxylation is 2. The number of hydrogen-bond acceptors (Lipinski definition) is 7. The van der Waals surface area contributed by atoms with Crippen molar-refractivity contribution in [2.24, 2.45) is 13.0 Å². The molecule has 0 saturated heterocycles. The summed E-state index contributed by atoms with van der Waals surface area (Å²) in [5.41, 5.74) is 1.10. The van der Waals surface area contributed by atoms with Crippen LogP contribution in [-0.2, 0) is 34.8 Å². The van der Waals surface area contributed by atoms with E-state index in [4.69, 9.17) is 4.74 Å². The summed E-state index contributed by atoms with van der Waals surface area (Å²) in [4.78, 5) is 18.6. The molecule has 11 heteroatoms. The van der Waals surface area contributed by atoms with E-state index in [2.05, 4.69) is 38.9 Å². The van der Waals surface area contributed by atoms with E-state index >= 15 is 0 Å². The first kappa shape index (κ1) is 29.7. The zero-order chi connectivity index (χ0) is 26.6. The average molecular weight is 523 g/mol. The van der Waals surface area contributed by atoms with Gasteiger partial charge in [-0.3, -0.25) is 0 Å². The summed E-state index contributed by atoms with van der Waals surface area (Å²) in [5, 5.41) is 7.15. The number of benzene rings is 1. The molecule has 0 aliphatic rings. The highest BCUT2D eigenvalue weighted by Gasteiger charge is 2.24. The van der Waals surface area contributed by atoms with Crippen molar-refractivity contribution in [3.05, 3.63) is 47.5 Å². The summed E-state index contributed by atoms with van der Waals surface area (Å²) in [6.45, 7) is 11.1. The van der Waals surface area contributed by atoms with Gasteiger partial charge in [0.15, 0.2) is 18.3 Å². The Balaban J connectivity index is 2.10. The quantitative estimate of drug-likeness (QED) is 0.348. The lowest BCUT2D eigenvalue weighted by molar-refractivity contribution is 0.134. The molecule has 0 unspecified atom stereocenters. The zero-order valence-electron chi connectivity index (χ0n) is 22.2. The lowest BCUT2D eigenvalue weighted by Crippen LogP contribution is -2.33. The van der Waals surface area contributed by atoms with Crippen LogP contribution in [0.15, 0.2) is 30.3 Å². The van der Waals surface area contributed by atoms with Crippen LogP contribution in [0.2, 0.25) is 0 Å². The minimum atomic E-state index is -3.55. The van der Waals surface area contributed by atoms with Crippen LogP contribution < -0.4 is 10.0 Å². The molecule has 1 atom stereocenters. The van der Waals surface area contributed by atoms with E-state index in [1.807, 2.05) is 44.2 Å². The fourth-order valence-corrected chi connectivity index (χ4v) is 4.95. The molecule has 0 spiro atoms. The summed E-state index contributed by atoms with van der Waals surface area (Å²) in [6, 6.07) is 9.29. The average Bonchev–Trinajstić information content (AvgIpc) is 3.22. The Morgan fingerprint density at radius 1 is 1.17 bits per heavy atom. The lowest BCUT2D eigenvalue weighted by Gasteiger charge is -2.19. The smallest absolute Gasteiger partial charge is 0.407 e. The predicted octanol–water partition coefficient (Wildman–Crippen LogP) is 3.02. The van der Waals surface area contributed by atoms with E-state index in [0.29, 0.717) is 43.4 Å². The molecule has 0 radical (unpaired) electrons. The number of aromatic nitrogens is 3. The normalized spacial score (nSPS) is 12.8. The van der Waals surface area contributed by atoms with Gasteiger partial charge < -0.3 is 15.0 Å². The summed E-state index contributed by atoms with van der Waals surface area (Å²) in [7, 11) is -1.85. The van der Waals surface area contributed by atoms with Crippen LogP contribution in [0.3, 0.4) is 0 Å². The highest BCUT2D eigenvalue weighted by atomic mass is 32.2. The monoisotopic (exact) mass is 522 g/mol. The van der Waals surface area contributed by atoms with Gasteiger partial charge in [0.05, 0.1) is 11.8 Å². The molecule has 0 aliphatic carbocycles. The Kier molecular flexibility index (Phi) is 12.3. The van der Waals surface area contributed by atoms with Gasteiger partial charge >= 0.3 is 6.09 Å². The number of nitrogens with zero attached hydrogens (tertiary/aromatic N) is 4. The Hall–Kier alpha value is -2.50. The first-order valence-corrected chi connectivity index (χ1v) is 14.3. The van der Waals surface area contributed by atoms with Crippen molar-refractivity contribution >= 4 is 16.1 Å². The maximum absolute atomic E-state index is 12.9. The molecule has 0 bridgehead atoms. The molecule has 1 amide bonds. The summed E-state index contributed by atoms with van der Waals surface area (Å²) in [6.07, 6.45) is 1.18. The van der Waals surface area contributed by atoms with Gasteiger partial charge in [-0.25, -0.2) is 27.6 Å². The van der Waals surface area contributed by atoms with Gasteiger partial charge in [0.1, 0.15) is 0 Å². The van der Waals surface area contributed by atoms with Gasteiger partial charge in [0.2, 0.25) is 10.0 Å². The van der Waals surface area contributed by atoms with Crippen LogP contribution in [0.5, 0.6) is 0 Å². The van der Waals surface area contributed by atoms with Crippen molar-refractivity contribution in [1.29, 1.82) is 0 Å². The van der Waals surface area contributed by atoms with E-state index in [1.54, 1.807) is 7.05 Å². The van der Waals surface area contributed by atoms with Gasteiger partial charge in [-0.1, -0.05) is 58.0 Å². The predicted molar refractivity (Wildman–Crippen MR) is 141 cm³/mol. The molecular formula is C25H42N6O4S. The van der Waals surface area contributed by atoms with E-state index in [9.17, 15) is 13.2 Å². The number of hydrogen-bond donors (Lipinski definition) is 2. The first-order chi connectivity index (χ1) is 17.1. The Morgan fingerprint density at radius 2 is 1.86 bits per heavy atom. The van der Waals surface area contributed by atoms with Crippen molar-refractivity contribution in [3.63, 3.8) is 0 Å². The third-order valence-corrected chi connectivity index (χ3v) is 7.31. The number of carbonyl (C=O) groups excluding carboxylic acids is 1. The van der Waals surface area contributed by atoms with Crippen molar-refractivity contribution < 1.29 is 17.9 Å². The van der Waals surface area contributed by atoms with Crippen LogP contribution in [0, 0.1) is 5.92 Å². The summed E-state index contributed by atoms with van der Waals surface area (Å²) >= 11 is 0. The van der Waals surface area contributed by atoms with E-state index < -0.39 is 22.2 Å². The zero-order valence-corrected chi connectivity index (χ0v) is 23.1. The van der Waals surface area contributed by atoms with Crippen molar-refractivity contribution in [2.75, 3.05) is 31.9 Å². The molecule has 2 aromatic rings. The molecule has 2 rings (SSSR count). The second-order valence-electron chi connectivity index (χ2n) is 9.25. The number of alkyl carbamates (subject to hydrolysis) is 1. The highest BCUT2D eigenvalue weighted by molar-refractivity contribution is 7.89.